The van der Waals surface area contributed by atoms with Gasteiger partial charge in [0.25, 0.3) is 0 Å². The number of morpholine rings is 1. The summed E-state index contributed by atoms with van der Waals surface area (Å²) in [6.07, 6.45) is 1.11. The van der Waals surface area contributed by atoms with E-state index in [9.17, 15) is 14.5 Å². The van der Waals surface area contributed by atoms with Crippen LogP contribution >= 0.6 is 0 Å². The fourth-order valence-corrected chi connectivity index (χ4v) is 2.78. The molecule has 10 heteroatoms. The molecule has 0 atom stereocenters. The zero-order valence-corrected chi connectivity index (χ0v) is 12.5. The smallest absolute Gasteiger partial charge is 0.317 e. The summed E-state index contributed by atoms with van der Waals surface area (Å²) in [5, 5.41) is 17.2. The minimum absolute atomic E-state index is 0.157. The van der Waals surface area contributed by atoms with Gasteiger partial charge in [-0.25, -0.2) is 9.37 Å². The summed E-state index contributed by atoms with van der Waals surface area (Å²) in [6, 6.07) is 2.98. The van der Waals surface area contributed by atoms with Crippen molar-refractivity contribution < 1.29 is 14.1 Å². The monoisotopic (exact) mass is 332 g/mol. The Morgan fingerprint density at radius 1 is 1.33 bits per heavy atom. The predicted molar refractivity (Wildman–Crippen MR) is 83.3 cm³/mol. The largest absolute Gasteiger partial charge is 0.378 e. The zero-order valence-electron chi connectivity index (χ0n) is 12.5. The third kappa shape index (κ3) is 2.36. The number of H-pyrrole nitrogens is 2. The molecule has 9 nitrogen and oxygen atoms in total. The van der Waals surface area contributed by atoms with Gasteiger partial charge in [-0.3, -0.25) is 15.2 Å². The fraction of sp³-hybridized carbons (Fsp3) is 0.286. The number of fused-ring (bicyclic) bond motifs is 1. The third-order valence-electron chi connectivity index (χ3n) is 3.96. The highest BCUT2D eigenvalue weighted by atomic mass is 19.1. The number of ether oxygens (including phenoxy) is 1. The summed E-state index contributed by atoms with van der Waals surface area (Å²) in [5.41, 5.74) is 1.40. The standard InChI is InChI=1S/C14H13FN6O3/c15-8-5-9-10(6-11(8)20-1-3-24-4-2-20)18-14(17-9)13-12(21(22)23)7-16-19-13/h5-7H,1-4H2,(H,16,19)(H,17,18). The maximum Gasteiger partial charge on any atom is 0.317 e. The average Bonchev–Trinajstić information content (AvgIpc) is 3.21. The summed E-state index contributed by atoms with van der Waals surface area (Å²) < 4.78 is 19.7. The van der Waals surface area contributed by atoms with Gasteiger partial charge in [0, 0.05) is 19.2 Å². The molecule has 2 aromatic heterocycles. The molecule has 1 aliphatic heterocycles. The van der Waals surface area contributed by atoms with Crippen LogP contribution in [-0.2, 0) is 4.74 Å². The maximum absolute atomic E-state index is 14.4. The molecule has 3 heterocycles. The lowest BCUT2D eigenvalue weighted by Crippen LogP contribution is -2.36. The molecule has 0 saturated carbocycles. The van der Waals surface area contributed by atoms with Crippen LogP contribution in [0.4, 0.5) is 15.8 Å². The van der Waals surface area contributed by atoms with Crippen LogP contribution in [0.15, 0.2) is 18.3 Å². The lowest BCUT2D eigenvalue weighted by atomic mass is 10.2. The van der Waals surface area contributed by atoms with Crippen molar-refractivity contribution >= 4 is 22.4 Å². The Hall–Kier alpha value is -3.01. The van der Waals surface area contributed by atoms with Crippen LogP contribution in [0.25, 0.3) is 22.6 Å². The molecule has 124 valence electrons. The molecular formula is C14H13FN6O3. The number of benzene rings is 1. The first-order chi connectivity index (χ1) is 11.6. The molecule has 1 saturated heterocycles. The first-order valence-electron chi connectivity index (χ1n) is 7.33. The van der Waals surface area contributed by atoms with Gasteiger partial charge in [0.05, 0.1) is 34.9 Å². The number of imidazole rings is 1. The van der Waals surface area contributed by atoms with Crippen LogP contribution in [0.5, 0.6) is 0 Å². The Balaban J connectivity index is 1.78. The summed E-state index contributed by atoms with van der Waals surface area (Å²) in [6.45, 7) is 2.30. The molecule has 0 spiro atoms. The highest BCUT2D eigenvalue weighted by Gasteiger charge is 2.22. The fourth-order valence-electron chi connectivity index (χ4n) is 2.78. The van der Waals surface area contributed by atoms with E-state index >= 15 is 0 Å². The van der Waals surface area contributed by atoms with Crippen molar-refractivity contribution in [2.75, 3.05) is 31.2 Å². The molecule has 1 fully saturated rings. The summed E-state index contributed by atoms with van der Waals surface area (Å²) in [4.78, 5) is 19.6. The van der Waals surface area contributed by atoms with Crippen LogP contribution in [0.1, 0.15) is 0 Å². The van der Waals surface area contributed by atoms with Crippen LogP contribution in [-0.4, -0.2) is 51.4 Å². The Morgan fingerprint density at radius 2 is 2.12 bits per heavy atom. The molecule has 0 bridgehead atoms. The normalized spacial score (nSPS) is 15.1. The number of aromatic amines is 2. The highest BCUT2D eigenvalue weighted by Crippen LogP contribution is 2.30. The van der Waals surface area contributed by atoms with E-state index < -0.39 is 4.92 Å². The highest BCUT2D eigenvalue weighted by molar-refractivity contribution is 5.83. The van der Waals surface area contributed by atoms with Crippen molar-refractivity contribution in [3.05, 3.63) is 34.3 Å². The number of nitrogens with one attached hydrogen (secondary N) is 2. The van der Waals surface area contributed by atoms with Gasteiger partial charge in [-0.1, -0.05) is 0 Å². The van der Waals surface area contributed by atoms with Gasteiger partial charge < -0.3 is 14.6 Å². The van der Waals surface area contributed by atoms with E-state index in [1.165, 1.54) is 6.07 Å². The van der Waals surface area contributed by atoms with E-state index in [1.807, 2.05) is 4.90 Å². The summed E-state index contributed by atoms with van der Waals surface area (Å²) in [7, 11) is 0. The lowest BCUT2D eigenvalue weighted by Gasteiger charge is -2.29. The number of anilines is 1. The molecule has 0 amide bonds. The topological polar surface area (TPSA) is 113 Å². The Morgan fingerprint density at radius 3 is 2.88 bits per heavy atom. The summed E-state index contributed by atoms with van der Waals surface area (Å²) in [5.74, 6) is -0.133. The lowest BCUT2D eigenvalue weighted by molar-refractivity contribution is -0.384. The number of hydrogen-bond acceptors (Lipinski definition) is 6. The van der Waals surface area contributed by atoms with Crippen LogP contribution in [0, 0.1) is 15.9 Å². The van der Waals surface area contributed by atoms with Gasteiger partial charge in [0.15, 0.2) is 11.5 Å². The quantitative estimate of drug-likeness (QED) is 0.559. The molecule has 1 aliphatic rings. The second-order valence-electron chi connectivity index (χ2n) is 5.39. The maximum atomic E-state index is 14.4. The van der Waals surface area contributed by atoms with Crippen molar-refractivity contribution in [2.45, 2.75) is 0 Å². The second-order valence-corrected chi connectivity index (χ2v) is 5.39. The molecule has 0 aliphatic carbocycles. The Kier molecular flexibility index (Phi) is 3.38. The van der Waals surface area contributed by atoms with E-state index in [4.69, 9.17) is 4.74 Å². The second kappa shape index (κ2) is 5.57. The van der Waals surface area contributed by atoms with Crippen molar-refractivity contribution in [1.29, 1.82) is 0 Å². The molecule has 1 aromatic carbocycles. The first kappa shape index (κ1) is 14.6. The molecule has 3 aromatic rings. The van der Waals surface area contributed by atoms with Crippen molar-refractivity contribution in [2.24, 2.45) is 0 Å². The summed E-state index contributed by atoms with van der Waals surface area (Å²) >= 11 is 0. The van der Waals surface area contributed by atoms with Crippen LogP contribution in [0.2, 0.25) is 0 Å². The molecule has 4 rings (SSSR count). The SMILES string of the molecule is O=[N+]([O-])c1cn[nH]c1-c1nc2cc(N3CCOCC3)c(F)cc2[nH]1. The van der Waals surface area contributed by atoms with Gasteiger partial charge in [-0.15, -0.1) is 0 Å². The van der Waals surface area contributed by atoms with Gasteiger partial charge >= 0.3 is 5.69 Å². The third-order valence-corrected chi connectivity index (χ3v) is 3.96. The number of hydrogen-bond donors (Lipinski definition) is 2. The Labute approximate surface area is 134 Å². The average molecular weight is 332 g/mol. The van der Waals surface area contributed by atoms with E-state index in [2.05, 4.69) is 20.2 Å². The number of rotatable bonds is 3. The van der Waals surface area contributed by atoms with E-state index in [-0.39, 0.29) is 23.0 Å². The van der Waals surface area contributed by atoms with Crippen LogP contribution in [0.3, 0.4) is 0 Å². The predicted octanol–water partition coefficient (Wildman–Crippen LogP) is 1.84. The van der Waals surface area contributed by atoms with Crippen LogP contribution < -0.4 is 4.90 Å². The van der Waals surface area contributed by atoms with Gasteiger partial charge in [0.1, 0.15) is 12.0 Å². The number of halogens is 1. The van der Waals surface area contributed by atoms with Gasteiger partial charge in [0.2, 0.25) is 0 Å². The molecule has 24 heavy (non-hydrogen) atoms. The number of aromatic nitrogens is 4. The molecule has 0 unspecified atom stereocenters. The number of nitro groups is 1. The minimum Gasteiger partial charge on any atom is -0.378 e. The van der Waals surface area contributed by atoms with E-state index in [0.29, 0.717) is 43.0 Å². The molecule has 0 radical (unpaired) electrons. The van der Waals surface area contributed by atoms with Gasteiger partial charge in [-0.05, 0) is 6.07 Å². The first-order valence-corrected chi connectivity index (χ1v) is 7.33. The zero-order chi connectivity index (χ0) is 16.7. The van der Waals surface area contributed by atoms with Crippen molar-refractivity contribution in [1.82, 2.24) is 20.2 Å². The molecule has 2 N–H and O–H groups in total. The minimum atomic E-state index is -0.550. The van der Waals surface area contributed by atoms with E-state index in [1.54, 1.807) is 6.07 Å². The Bertz CT molecular complexity index is 915. The van der Waals surface area contributed by atoms with Gasteiger partial charge in [-0.2, -0.15) is 5.10 Å². The molecular weight excluding hydrogens is 319 g/mol. The van der Waals surface area contributed by atoms with Crippen molar-refractivity contribution in [3.63, 3.8) is 0 Å². The van der Waals surface area contributed by atoms with Crippen molar-refractivity contribution in [3.8, 4) is 11.5 Å². The van der Waals surface area contributed by atoms with E-state index in [0.717, 1.165) is 6.20 Å². The number of nitrogens with zero attached hydrogens (tertiary/aromatic N) is 4.